The molecule has 0 aliphatic heterocycles. The summed E-state index contributed by atoms with van der Waals surface area (Å²) in [6.45, 7) is 13.8. The molecule has 0 saturated heterocycles. The van der Waals surface area contributed by atoms with Gasteiger partial charge in [-0.1, -0.05) is 13.8 Å². The Balaban J connectivity index is 2.06. The first-order valence-corrected chi connectivity index (χ1v) is 9.23. The Hall–Kier alpha value is -2.30. The number of nitrogens with one attached hydrogen (secondary N) is 2. The number of benzene rings is 1. The molecule has 2 aromatic rings. The normalized spacial score (nSPS) is 10.8. The van der Waals surface area contributed by atoms with E-state index >= 15 is 0 Å². The third-order valence-corrected chi connectivity index (χ3v) is 4.26. The van der Waals surface area contributed by atoms with Gasteiger partial charge < -0.3 is 15.5 Å². The molecule has 136 valence electrons. The van der Waals surface area contributed by atoms with Gasteiger partial charge >= 0.3 is 0 Å². The van der Waals surface area contributed by atoms with Crippen molar-refractivity contribution in [2.75, 3.05) is 35.2 Å². The van der Waals surface area contributed by atoms with Gasteiger partial charge in [0.05, 0.1) is 0 Å². The highest BCUT2D eigenvalue weighted by Gasteiger charge is 2.06. The zero-order chi connectivity index (χ0) is 18.2. The summed E-state index contributed by atoms with van der Waals surface area (Å²) in [4.78, 5) is 11.2. The molecule has 0 amide bonds. The molecule has 1 aromatic heterocycles. The summed E-state index contributed by atoms with van der Waals surface area (Å²) in [5.74, 6) is 2.14. The molecule has 0 aliphatic rings. The van der Waals surface area contributed by atoms with Gasteiger partial charge in [-0.3, -0.25) is 0 Å². The quantitative estimate of drug-likeness (QED) is 0.684. The van der Waals surface area contributed by atoms with E-state index in [0.717, 1.165) is 37.6 Å². The maximum Gasteiger partial charge on any atom is 0.224 e. The van der Waals surface area contributed by atoms with Crippen LogP contribution in [0.1, 0.15) is 39.7 Å². The lowest BCUT2D eigenvalue weighted by molar-refractivity contribution is 0.606. The van der Waals surface area contributed by atoms with Crippen LogP contribution in [0.5, 0.6) is 0 Å². The fourth-order valence-corrected chi connectivity index (χ4v) is 2.70. The maximum absolute atomic E-state index is 4.55. The number of hydrogen-bond donors (Lipinski definition) is 2. The number of hydrogen-bond acceptors (Lipinski definition) is 5. The van der Waals surface area contributed by atoms with E-state index in [1.54, 1.807) is 6.20 Å². The monoisotopic (exact) mass is 341 g/mol. The van der Waals surface area contributed by atoms with Gasteiger partial charge in [-0.25, -0.2) is 4.98 Å². The van der Waals surface area contributed by atoms with Crippen molar-refractivity contribution in [1.29, 1.82) is 0 Å². The Kier molecular flexibility index (Phi) is 7.04. The highest BCUT2D eigenvalue weighted by Crippen LogP contribution is 2.25. The summed E-state index contributed by atoms with van der Waals surface area (Å²) in [5, 5.41) is 6.69. The largest absolute Gasteiger partial charge is 0.372 e. The standard InChI is InChI=1S/C20H31N5/c1-6-25(7-2)17-8-9-18(16(5)14-17)23-19-11-13-22-20(24-19)21-12-10-15(3)4/h8-9,11,13-15H,6-7,10,12H2,1-5H3,(H2,21,22,23,24). The number of aromatic nitrogens is 2. The van der Waals surface area contributed by atoms with E-state index in [2.05, 4.69) is 78.3 Å². The van der Waals surface area contributed by atoms with Gasteiger partial charge in [-0.15, -0.1) is 0 Å². The zero-order valence-corrected chi connectivity index (χ0v) is 16.1. The number of anilines is 4. The lowest BCUT2D eigenvalue weighted by atomic mass is 10.1. The molecule has 0 aliphatic carbocycles. The van der Waals surface area contributed by atoms with E-state index in [-0.39, 0.29) is 0 Å². The molecule has 0 spiro atoms. The van der Waals surface area contributed by atoms with Crippen LogP contribution in [-0.2, 0) is 0 Å². The van der Waals surface area contributed by atoms with Gasteiger partial charge in [-0.2, -0.15) is 4.98 Å². The second-order valence-electron chi connectivity index (χ2n) is 6.67. The maximum atomic E-state index is 4.55. The van der Waals surface area contributed by atoms with Crippen molar-refractivity contribution >= 4 is 23.1 Å². The average Bonchev–Trinajstić information content (AvgIpc) is 2.58. The van der Waals surface area contributed by atoms with Gasteiger partial charge in [0.2, 0.25) is 5.95 Å². The van der Waals surface area contributed by atoms with Crippen LogP contribution in [0.3, 0.4) is 0 Å². The summed E-state index contributed by atoms with van der Waals surface area (Å²) >= 11 is 0. The van der Waals surface area contributed by atoms with Crippen LogP contribution in [0.15, 0.2) is 30.5 Å². The smallest absolute Gasteiger partial charge is 0.224 e. The summed E-state index contributed by atoms with van der Waals surface area (Å²) in [6, 6.07) is 8.39. The number of rotatable bonds is 9. The number of aryl methyl sites for hydroxylation is 1. The predicted octanol–water partition coefficient (Wildman–Crippen LogP) is 4.83. The minimum Gasteiger partial charge on any atom is -0.372 e. The van der Waals surface area contributed by atoms with Crippen molar-refractivity contribution in [2.24, 2.45) is 5.92 Å². The highest BCUT2D eigenvalue weighted by molar-refractivity contribution is 5.65. The van der Waals surface area contributed by atoms with Gasteiger partial charge in [0.1, 0.15) is 5.82 Å². The van der Waals surface area contributed by atoms with Crippen LogP contribution in [0.25, 0.3) is 0 Å². The fraction of sp³-hybridized carbons (Fsp3) is 0.500. The van der Waals surface area contributed by atoms with Crippen LogP contribution < -0.4 is 15.5 Å². The molecule has 0 saturated carbocycles. The van der Waals surface area contributed by atoms with Gasteiger partial charge in [0.25, 0.3) is 0 Å². The van der Waals surface area contributed by atoms with Crippen LogP contribution in [0.4, 0.5) is 23.1 Å². The average molecular weight is 342 g/mol. The second-order valence-corrected chi connectivity index (χ2v) is 6.67. The molecule has 0 bridgehead atoms. The van der Waals surface area contributed by atoms with Crippen molar-refractivity contribution < 1.29 is 0 Å². The Labute approximate surface area is 151 Å². The summed E-state index contributed by atoms with van der Waals surface area (Å²) in [7, 11) is 0. The molecule has 1 heterocycles. The first kappa shape index (κ1) is 19.0. The fourth-order valence-electron chi connectivity index (χ4n) is 2.70. The summed E-state index contributed by atoms with van der Waals surface area (Å²) < 4.78 is 0. The van der Waals surface area contributed by atoms with E-state index in [4.69, 9.17) is 0 Å². The Morgan fingerprint density at radius 2 is 1.88 bits per heavy atom. The van der Waals surface area contributed by atoms with Crippen molar-refractivity contribution in [1.82, 2.24) is 9.97 Å². The van der Waals surface area contributed by atoms with Gasteiger partial charge in [0.15, 0.2) is 0 Å². The molecule has 0 radical (unpaired) electrons. The molecule has 25 heavy (non-hydrogen) atoms. The van der Waals surface area contributed by atoms with E-state index < -0.39 is 0 Å². The van der Waals surface area contributed by atoms with Crippen molar-refractivity contribution in [3.05, 3.63) is 36.0 Å². The molecule has 1 aromatic carbocycles. The highest BCUT2D eigenvalue weighted by atomic mass is 15.1. The minimum atomic E-state index is 0.667. The summed E-state index contributed by atoms with van der Waals surface area (Å²) in [5.41, 5.74) is 3.53. The molecule has 2 N–H and O–H groups in total. The third-order valence-electron chi connectivity index (χ3n) is 4.26. The zero-order valence-electron chi connectivity index (χ0n) is 16.1. The molecule has 0 unspecified atom stereocenters. The molecular weight excluding hydrogens is 310 g/mol. The van der Waals surface area contributed by atoms with Gasteiger partial charge in [0, 0.05) is 37.2 Å². The van der Waals surface area contributed by atoms with Crippen LogP contribution in [0, 0.1) is 12.8 Å². The molecule has 5 heteroatoms. The first-order valence-electron chi connectivity index (χ1n) is 9.23. The van der Waals surface area contributed by atoms with Crippen LogP contribution in [0.2, 0.25) is 0 Å². The third kappa shape index (κ3) is 5.62. The lowest BCUT2D eigenvalue weighted by Crippen LogP contribution is -2.21. The minimum absolute atomic E-state index is 0.667. The SMILES string of the molecule is CCN(CC)c1ccc(Nc2ccnc(NCCC(C)C)n2)c(C)c1. The molecule has 2 rings (SSSR count). The van der Waals surface area contributed by atoms with E-state index in [0.29, 0.717) is 11.9 Å². The van der Waals surface area contributed by atoms with Crippen LogP contribution >= 0.6 is 0 Å². The number of nitrogens with zero attached hydrogens (tertiary/aromatic N) is 3. The lowest BCUT2D eigenvalue weighted by Gasteiger charge is -2.22. The Bertz CT molecular complexity index is 665. The predicted molar refractivity (Wildman–Crippen MR) is 108 cm³/mol. The Morgan fingerprint density at radius 1 is 1.12 bits per heavy atom. The molecular formula is C20H31N5. The van der Waals surface area contributed by atoms with Crippen molar-refractivity contribution in [3.63, 3.8) is 0 Å². The first-order chi connectivity index (χ1) is 12.0. The van der Waals surface area contributed by atoms with Crippen molar-refractivity contribution in [3.8, 4) is 0 Å². The van der Waals surface area contributed by atoms with Gasteiger partial charge in [-0.05, 0) is 62.9 Å². The molecule has 0 fully saturated rings. The second kappa shape index (κ2) is 9.25. The molecule has 5 nitrogen and oxygen atoms in total. The summed E-state index contributed by atoms with van der Waals surface area (Å²) in [6.07, 6.45) is 2.89. The van der Waals surface area contributed by atoms with Crippen molar-refractivity contribution in [2.45, 2.75) is 41.0 Å². The Morgan fingerprint density at radius 3 is 2.52 bits per heavy atom. The topological polar surface area (TPSA) is 53.1 Å². The molecule has 0 atom stereocenters. The van der Waals surface area contributed by atoms with E-state index in [1.807, 2.05) is 6.07 Å². The van der Waals surface area contributed by atoms with E-state index in [9.17, 15) is 0 Å². The van der Waals surface area contributed by atoms with E-state index in [1.165, 1.54) is 11.3 Å². The van der Waals surface area contributed by atoms with Crippen LogP contribution in [-0.4, -0.2) is 29.6 Å².